The Balaban J connectivity index is 1.55. The molecule has 0 spiro atoms. The minimum Gasteiger partial charge on any atom is -0.493 e. The van der Waals surface area contributed by atoms with Gasteiger partial charge < -0.3 is 19.1 Å². The summed E-state index contributed by atoms with van der Waals surface area (Å²) < 4.78 is 41.9. The van der Waals surface area contributed by atoms with Gasteiger partial charge in [0.15, 0.2) is 32.8 Å². The molecule has 7 rings (SSSR count). The predicted octanol–water partition coefficient (Wildman–Crippen LogP) is 8.87. The van der Waals surface area contributed by atoms with Gasteiger partial charge in [0.05, 0.1) is 47.4 Å². The van der Waals surface area contributed by atoms with E-state index in [9.17, 15) is 8.42 Å². The van der Waals surface area contributed by atoms with Crippen molar-refractivity contribution in [3.63, 3.8) is 0 Å². The summed E-state index contributed by atoms with van der Waals surface area (Å²) in [6.45, 7) is 2.08. The second-order valence-corrected chi connectivity index (χ2v) is 12.9. The Morgan fingerprint density at radius 1 is 0.689 bits per heavy atom. The van der Waals surface area contributed by atoms with E-state index in [2.05, 4.69) is 30.0 Å². The van der Waals surface area contributed by atoms with Gasteiger partial charge in [-0.1, -0.05) is 48.5 Å². The molecule has 7 nitrogen and oxygen atoms in total. The smallest absolute Gasteiger partial charge is 0.175 e. The van der Waals surface area contributed by atoms with E-state index in [-0.39, 0.29) is 4.90 Å². The topological polar surface area (TPSA) is 78.0 Å². The summed E-state index contributed by atoms with van der Waals surface area (Å²) in [7, 11) is -0.110. The van der Waals surface area contributed by atoms with Gasteiger partial charge in [-0.05, 0) is 84.3 Å². The number of hydrogen-bond acceptors (Lipinski definition) is 7. The van der Waals surface area contributed by atoms with Crippen LogP contribution in [0.1, 0.15) is 5.56 Å². The summed E-state index contributed by atoms with van der Waals surface area (Å²) in [6.07, 6.45) is 1.21. The Morgan fingerprint density at radius 3 is 1.93 bits per heavy atom. The summed E-state index contributed by atoms with van der Waals surface area (Å²) in [5.41, 5.74) is 7.91. The molecule has 1 aliphatic heterocycles. The number of rotatable bonds is 6. The molecule has 6 aromatic rings. The molecular formula is C37H30N2O5S. The highest BCUT2D eigenvalue weighted by Gasteiger charge is 2.28. The fourth-order valence-corrected chi connectivity index (χ4v) is 6.52. The number of aromatic nitrogens is 1. The van der Waals surface area contributed by atoms with E-state index in [1.165, 1.54) is 6.26 Å². The highest BCUT2D eigenvalue weighted by Crippen LogP contribution is 2.52. The third-order valence-electron chi connectivity index (χ3n) is 8.09. The minimum absolute atomic E-state index is 0.255. The van der Waals surface area contributed by atoms with Crippen LogP contribution < -0.4 is 19.1 Å². The van der Waals surface area contributed by atoms with E-state index < -0.39 is 9.84 Å². The molecule has 1 aromatic heterocycles. The SMILES string of the molecule is COc1ccc(-c2cc(-c3ccc(S(C)(=O)=O)cc3)nc3c(N4c5ccccc5Oc5ccccc54)ccc(C)c23)cc1OC. The maximum Gasteiger partial charge on any atom is 0.175 e. The number of ether oxygens (including phenoxy) is 3. The summed E-state index contributed by atoms with van der Waals surface area (Å²) in [5, 5.41) is 0.984. The van der Waals surface area contributed by atoms with Crippen molar-refractivity contribution in [2.45, 2.75) is 11.8 Å². The van der Waals surface area contributed by atoms with Crippen molar-refractivity contribution in [2.75, 3.05) is 25.4 Å². The predicted molar refractivity (Wildman–Crippen MR) is 178 cm³/mol. The summed E-state index contributed by atoms with van der Waals surface area (Å²) in [5.74, 6) is 2.74. The molecule has 2 heterocycles. The molecule has 0 unspecified atom stereocenters. The average Bonchev–Trinajstić information content (AvgIpc) is 3.06. The normalized spacial score (nSPS) is 12.3. The first kappa shape index (κ1) is 28.4. The molecular weight excluding hydrogens is 584 g/mol. The molecule has 0 atom stereocenters. The molecule has 0 saturated carbocycles. The van der Waals surface area contributed by atoms with Gasteiger partial charge in [0.25, 0.3) is 0 Å². The van der Waals surface area contributed by atoms with Crippen molar-refractivity contribution in [2.24, 2.45) is 0 Å². The van der Waals surface area contributed by atoms with Crippen LogP contribution in [0, 0.1) is 6.92 Å². The van der Waals surface area contributed by atoms with Crippen LogP contribution in [0.15, 0.2) is 114 Å². The molecule has 0 aliphatic carbocycles. The maximum absolute atomic E-state index is 12.2. The first-order valence-electron chi connectivity index (χ1n) is 14.4. The average molecular weight is 615 g/mol. The highest BCUT2D eigenvalue weighted by molar-refractivity contribution is 7.90. The number of sulfone groups is 1. The number of methoxy groups -OCH3 is 2. The summed E-state index contributed by atoms with van der Waals surface area (Å²) >= 11 is 0. The van der Waals surface area contributed by atoms with E-state index in [0.29, 0.717) is 17.2 Å². The standard InChI is InChI=1S/C37H30N2O5S/c1-23-13-19-31(39-29-9-5-7-11-32(29)44-33-12-8-6-10-30(33)39)37-36(23)27(25-16-20-34(42-2)35(21-25)43-3)22-28(38-37)24-14-17-26(18-15-24)45(4,40)41/h5-22H,1-4H3. The van der Waals surface area contributed by atoms with Gasteiger partial charge in [-0.2, -0.15) is 0 Å². The van der Waals surface area contributed by atoms with Crippen LogP contribution in [0.4, 0.5) is 17.1 Å². The number of hydrogen-bond donors (Lipinski definition) is 0. The van der Waals surface area contributed by atoms with Crippen LogP contribution in [0.3, 0.4) is 0 Å². The summed E-state index contributed by atoms with van der Waals surface area (Å²) in [6, 6.07) is 34.9. The molecule has 1 aliphatic rings. The second-order valence-electron chi connectivity index (χ2n) is 10.9. The first-order valence-corrected chi connectivity index (χ1v) is 16.3. The van der Waals surface area contributed by atoms with Crippen LogP contribution >= 0.6 is 0 Å². The zero-order chi connectivity index (χ0) is 31.3. The van der Waals surface area contributed by atoms with E-state index in [1.807, 2.05) is 66.7 Å². The van der Waals surface area contributed by atoms with E-state index in [0.717, 1.165) is 61.7 Å². The van der Waals surface area contributed by atoms with Crippen molar-refractivity contribution < 1.29 is 22.6 Å². The molecule has 224 valence electrons. The van der Waals surface area contributed by atoms with Gasteiger partial charge in [0, 0.05) is 17.2 Å². The molecule has 0 radical (unpaired) electrons. The number of nitrogens with zero attached hydrogens (tertiary/aromatic N) is 2. The zero-order valence-electron chi connectivity index (χ0n) is 25.2. The van der Waals surface area contributed by atoms with Crippen molar-refractivity contribution in [3.8, 4) is 45.4 Å². The van der Waals surface area contributed by atoms with Crippen LogP contribution in [-0.2, 0) is 9.84 Å². The Kier molecular flexibility index (Phi) is 6.94. The van der Waals surface area contributed by atoms with Gasteiger partial charge in [-0.25, -0.2) is 13.4 Å². The van der Waals surface area contributed by atoms with Crippen molar-refractivity contribution in [3.05, 3.63) is 115 Å². The van der Waals surface area contributed by atoms with Crippen molar-refractivity contribution in [1.29, 1.82) is 0 Å². The van der Waals surface area contributed by atoms with Gasteiger partial charge >= 0.3 is 0 Å². The molecule has 0 bridgehead atoms. The number of anilines is 3. The molecule has 0 N–H and O–H groups in total. The number of aryl methyl sites for hydroxylation is 1. The highest BCUT2D eigenvalue weighted by atomic mass is 32.2. The number of pyridine rings is 1. The molecule has 0 saturated heterocycles. The van der Waals surface area contributed by atoms with Crippen LogP contribution in [0.5, 0.6) is 23.0 Å². The van der Waals surface area contributed by atoms with Crippen LogP contribution in [0.2, 0.25) is 0 Å². The minimum atomic E-state index is -3.35. The lowest BCUT2D eigenvalue weighted by molar-refractivity contribution is 0.355. The van der Waals surface area contributed by atoms with Crippen LogP contribution in [0.25, 0.3) is 33.3 Å². The fourth-order valence-electron chi connectivity index (χ4n) is 5.89. The van der Waals surface area contributed by atoms with Crippen molar-refractivity contribution >= 4 is 37.8 Å². The number of fused-ring (bicyclic) bond motifs is 3. The van der Waals surface area contributed by atoms with Gasteiger partial charge in [-0.3, -0.25) is 0 Å². The maximum atomic E-state index is 12.2. The molecule has 0 fully saturated rings. The zero-order valence-corrected chi connectivity index (χ0v) is 26.1. The van der Waals surface area contributed by atoms with Gasteiger partial charge in [0.2, 0.25) is 0 Å². The fraction of sp³-hybridized carbons (Fsp3) is 0.108. The van der Waals surface area contributed by atoms with Crippen molar-refractivity contribution in [1.82, 2.24) is 4.98 Å². The quantitative estimate of drug-likeness (QED) is 0.185. The lowest BCUT2D eigenvalue weighted by Gasteiger charge is -2.33. The lowest BCUT2D eigenvalue weighted by Crippen LogP contribution is -2.16. The third kappa shape index (κ3) is 4.93. The van der Waals surface area contributed by atoms with Gasteiger partial charge in [0.1, 0.15) is 0 Å². The largest absolute Gasteiger partial charge is 0.493 e. The molecule has 0 amide bonds. The monoisotopic (exact) mass is 614 g/mol. The first-order chi connectivity index (χ1) is 21.8. The Hall–Kier alpha value is -5.34. The lowest BCUT2D eigenvalue weighted by atomic mass is 9.94. The molecule has 8 heteroatoms. The number of para-hydroxylation sites is 4. The molecule has 45 heavy (non-hydrogen) atoms. The third-order valence-corrected chi connectivity index (χ3v) is 9.22. The summed E-state index contributed by atoms with van der Waals surface area (Å²) in [4.78, 5) is 7.74. The number of benzene rings is 5. The van der Waals surface area contributed by atoms with Crippen LogP contribution in [-0.4, -0.2) is 33.9 Å². The second kappa shape index (κ2) is 11.0. The van der Waals surface area contributed by atoms with E-state index in [1.54, 1.807) is 38.5 Å². The Morgan fingerprint density at radius 2 is 1.31 bits per heavy atom. The van der Waals surface area contributed by atoms with E-state index in [4.69, 9.17) is 19.2 Å². The van der Waals surface area contributed by atoms with Gasteiger partial charge in [-0.15, -0.1) is 0 Å². The Bertz CT molecular complexity index is 2170. The Labute approximate surface area is 262 Å². The van der Waals surface area contributed by atoms with E-state index >= 15 is 0 Å². The molecule has 5 aromatic carbocycles.